The zero-order chi connectivity index (χ0) is 21.4. The third kappa shape index (κ3) is 2.46. The second-order valence-electron chi connectivity index (χ2n) is 9.25. The number of rotatable bonds is 2. The lowest BCUT2D eigenvalue weighted by molar-refractivity contribution is -0.190. The first-order chi connectivity index (χ1) is 13.5. The van der Waals surface area contributed by atoms with Crippen molar-refractivity contribution in [2.75, 3.05) is 6.07 Å². The third-order valence-electron chi connectivity index (χ3n) is 8.00. The van der Waals surface area contributed by atoms with E-state index in [0.29, 0.717) is 17.6 Å². The fraction of sp³-hybridized carbons (Fsp3) is 0.591. The first-order valence-corrected chi connectivity index (χ1v) is 10.3. The molecule has 4 aliphatic carbocycles. The molecule has 0 aromatic rings. The van der Waals surface area contributed by atoms with Crippen LogP contribution in [0, 0.1) is 28.6 Å². The molecule has 0 saturated heterocycles. The summed E-state index contributed by atoms with van der Waals surface area (Å²) < 4.78 is 4.93. The Hall–Kier alpha value is -1.76. The molecule has 0 aromatic carbocycles. The minimum absolute atomic E-state index is 0.132. The number of Topliss-reactive ketones (excluding diaryl/α,β-unsaturated/α-hetero) is 1. The van der Waals surface area contributed by atoms with Gasteiger partial charge in [-0.2, -0.15) is 0 Å². The minimum Gasteiger partial charge on any atom is -0.447 e. The van der Waals surface area contributed by atoms with Gasteiger partial charge in [-0.25, -0.2) is 4.79 Å². The second kappa shape index (κ2) is 6.37. The number of allylic oxidation sites excluding steroid dienone is 4. The van der Waals surface area contributed by atoms with E-state index in [1.165, 1.54) is 12.2 Å². The van der Waals surface area contributed by atoms with E-state index in [1.807, 2.05) is 6.92 Å². The van der Waals surface area contributed by atoms with Crippen LogP contribution in [0.4, 0.5) is 0 Å². The standard InChI is InChI=1S/C22H25ClO6/c1-11-6-14-13-8-16(25)15-7-12(24)4-5-20(15,2)18(13)17(26)9-21(14,3)22(11,28)19(27)29-10-23/h4-5,7,13-14,17-18,26,28H,1,6,8-10H2,2-3H3/t13-,14-,17-,18+,20-,21-,22-/m0/s1. The molecule has 29 heavy (non-hydrogen) atoms. The lowest BCUT2D eigenvalue weighted by Gasteiger charge is -2.58. The molecule has 0 radical (unpaired) electrons. The molecule has 0 unspecified atom stereocenters. The van der Waals surface area contributed by atoms with E-state index in [1.54, 1.807) is 13.0 Å². The molecule has 0 spiro atoms. The molecule has 156 valence electrons. The molecule has 4 rings (SSSR count). The lowest BCUT2D eigenvalue weighted by atomic mass is 9.46. The highest BCUT2D eigenvalue weighted by atomic mass is 35.5. The van der Waals surface area contributed by atoms with Crippen molar-refractivity contribution in [2.24, 2.45) is 28.6 Å². The summed E-state index contributed by atoms with van der Waals surface area (Å²) in [5.74, 6) is -2.06. The predicted molar refractivity (Wildman–Crippen MR) is 105 cm³/mol. The van der Waals surface area contributed by atoms with Crippen LogP contribution in [0.1, 0.15) is 33.1 Å². The zero-order valence-electron chi connectivity index (χ0n) is 16.5. The van der Waals surface area contributed by atoms with Crippen molar-refractivity contribution < 1.29 is 29.3 Å². The molecule has 0 heterocycles. The van der Waals surface area contributed by atoms with Gasteiger partial charge in [0.15, 0.2) is 23.2 Å². The van der Waals surface area contributed by atoms with Crippen LogP contribution in [0.25, 0.3) is 0 Å². The van der Waals surface area contributed by atoms with Gasteiger partial charge in [-0.3, -0.25) is 9.59 Å². The van der Waals surface area contributed by atoms with Crippen LogP contribution in [0.5, 0.6) is 0 Å². The number of halogens is 1. The number of hydrogen-bond donors (Lipinski definition) is 2. The smallest absolute Gasteiger partial charge is 0.344 e. The number of ether oxygens (including phenoxy) is 1. The Labute approximate surface area is 174 Å². The maximum absolute atomic E-state index is 13.0. The normalized spacial score (nSPS) is 46.0. The molecule has 0 amide bonds. The topological polar surface area (TPSA) is 101 Å². The number of aliphatic hydroxyl groups is 2. The van der Waals surface area contributed by atoms with Crippen LogP contribution in [-0.4, -0.2) is 45.5 Å². The quantitative estimate of drug-likeness (QED) is 0.403. The van der Waals surface area contributed by atoms with Crippen molar-refractivity contribution in [3.63, 3.8) is 0 Å². The number of fused-ring (bicyclic) bond motifs is 5. The monoisotopic (exact) mass is 420 g/mol. The van der Waals surface area contributed by atoms with E-state index in [0.717, 1.165) is 0 Å². The predicted octanol–water partition coefficient (Wildman–Crippen LogP) is 2.08. The third-order valence-corrected chi connectivity index (χ3v) is 8.11. The highest BCUT2D eigenvalue weighted by Crippen LogP contribution is 2.67. The first kappa shape index (κ1) is 20.5. The van der Waals surface area contributed by atoms with E-state index < -0.39 is 34.6 Å². The van der Waals surface area contributed by atoms with Gasteiger partial charge in [0.2, 0.25) is 0 Å². The Morgan fingerprint density at radius 3 is 2.69 bits per heavy atom. The molecule has 0 aromatic heterocycles. The molecule has 0 aliphatic heterocycles. The lowest BCUT2D eigenvalue weighted by Crippen LogP contribution is -2.62. The van der Waals surface area contributed by atoms with Gasteiger partial charge in [0.05, 0.1) is 6.10 Å². The van der Waals surface area contributed by atoms with Gasteiger partial charge in [-0.15, -0.1) is 0 Å². The van der Waals surface area contributed by atoms with Crippen LogP contribution >= 0.6 is 11.6 Å². The maximum Gasteiger partial charge on any atom is 0.344 e. The van der Waals surface area contributed by atoms with Gasteiger partial charge >= 0.3 is 5.97 Å². The number of aliphatic hydroxyl groups excluding tert-OH is 1. The molecule has 6 nitrogen and oxygen atoms in total. The number of hydrogen-bond acceptors (Lipinski definition) is 6. The molecule has 4 aliphatic rings. The Morgan fingerprint density at radius 2 is 2.03 bits per heavy atom. The molecule has 7 atom stereocenters. The van der Waals surface area contributed by atoms with E-state index in [4.69, 9.17) is 16.3 Å². The Balaban J connectivity index is 1.81. The van der Waals surface area contributed by atoms with Gasteiger partial charge in [-0.05, 0) is 42.4 Å². The largest absolute Gasteiger partial charge is 0.447 e. The zero-order valence-corrected chi connectivity index (χ0v) is 17.2. The fourth-order valence-electron chi connectivity index (χ4n) is 6.66. The average Bonchev–Trinajstić information content (AvgIpc) is 2.84. The van der Waals surface area contributed by atoms with Gasteiger partial charge in [0.25, 0.3) is 0 Å². The summed E-state index contributed by atoms with van der Waals surface area (Å²) in [5, 5.41) is 22.6. The SMILES string of the molecule is C=C1C[C@H]2[C@@H]3CC(=O)C4=CC(=O)C=C[C@]4(C)[C@H]3[C@@H](O)C[C@]2(C)[C@@]1(O)C(=O)OCCl. The van der Waals surface area contributed by atoms with E-state index in [9.17, 15) is 24.6 Å². The van der Waals surface area contributed by atoms with E-state index >= 15 is 0 Å². The Morgan fingerprint density at radius 1 is 1.34 bits per heavy atom. The van der Waals surface area contributed by atoms with Gasteiger partial charge in [-0.1, -0.05) is 38.1 Å². The number of carbonyl (C=O) groups is 3. The maximum atomic E-state index is 13.0. The van der Waals surface area contributed by atoms with Gasteiger partial charge in [0, 0.05) is 28.7 Å². The first-order valence-electron chi connectivity index (χ1n) is 9.81. The van der Waals surface area contributed by atoms with Crippen molar-refractivity contribution in [1.82, 2.24) is 0 Å². The van der Waals surface area contributed by atoms with Gasteiger partial charge < -0.3 is 14.9 Å². The summed E-state index contributed by atoms with van der Waals surface area (Å²) in [6, 6.07) is -0.396. The molecule has 3 fully saturated rings. The minimum atomic E-state index is -1.98. The average molecular weight is 421 g/mol. The summed E-state index contributed by atoms with van der Waals surface area (Å²) in [5.41, 5.74) is -3.03. The highest BCUT2D eigenvalue weighted by Gasteiger charge is 2.71. The summed E-state index contributed by atoms with van der Waals surface area (Å²) >= 11 is 5.55. The highest BCUT2D eigenvalue weighted by molar-refractivity contribution is 6.17. The summed E-state index contributed by atoms with van der Waals surface area (Å²) in [6.07, 6.45) is 4.30. The van der Waals surface area contributed by atoms with Crippen LogP contribution in [0.15, 0.2) is 36.0 Å². The molecular formula is C22H25ClO6. The Kier molecular flexibility index (Phi) is 4.50. The molecular weight excluding hydrogens is 396 g/mol. The summed E-state index contributed by atoms with van der Waals surface area (Å²) in [4.78, 5) is 37.5. The molecule has 3 saturated carbocycles. The Bertz CT molecular complexity index is 890. The second-order valence-corrected chi connectivity index (χ2v) is 9.47. The number of carbonyl (C=O) groups excluding carboxylic acids is 3. The van der Waals surface area contributed by atoms with Crippen LogP contribution in [0.3, 0.4) is 0 Å². The number of esters is 1. The van der Waals surface area contributed by atoms with Crippen molar-refractivity contribution in [3.8, 4) is 0 Å². The number of ketones is 2. The fourth-order valence-corrected chi connectivity index (χ4v) is 6.76. The van der Waals surface area contributed by atoms with Crippen molar-refractivity contribution in [3.05, 3.63) is 36.0 Å². The number of alkyl halides is 1. The van der Waals surface area contributed by atoms with Crippen molar-refractivity contribution >= 4 is 29.1 Å². The van der Waals surface area contributed by atoms with Crippen LogP contribution < -0.4 is 0 Å². The van der Waals surface area contributed by atoms with E-state index in [2.05, 4.69) is 6.58 Å². The molecule has 7 heteroatoms. The van der Waals surface area contributed by atoms with Gasteiger partial charge in [0.1, 0.15) is 0 Å². The van der Waals surface area contributed by atoms with Crippen LogP contribution in [0.2, 0.25) is 0 Å². The molecule has 2 N–H and O–H groups in total. The van der Waals surface area contributed by atoms with Crippen molar-refractivity contribution in [2.45, 2.75) is 44.8 Å². The van der Waals surface area contributed by atoms with E-state index in [-0.39, 0.29) is 42.2 Å². The van der Waals surface area contributed by atoms with Crippen LogP contribution in [-0.2, 0) is 19.1 Å². The summed E-state index contributed by atoms with van der Waals surface area (Å²) in [7, 11) is 0. The molecule has 0 bridgehead atoms. The van der Waals surface area contributed by atoms with Crippen molar-refractivity contribution in [1.29, 1.82) is 0 Å². The summed E-state index contributed by atoms with van der Waals surface area (Å²) in [6.45, 7) is 7.57.